The average Bonchev–Trinajstić information content (AvgIpc) is 3.24. The lowest BCUT2D eigenvalue weighted by Gasteiger charge is -2.22. The van der Waals surface area contributed by atoms with E-state index < -0.39 is 0 Å². The fraction of sp³-hybridized carbons (Fsp3) is 0.312. The number of amides is 1. The van der Waals surface area contributed by atoms with Gasteiger partial charge in [0.2, 0.25) is 0 Å². The van der Waals surface area contributed by atoms with Crippen molar-refractivity contribution in [1.29, 1.82) is 0 Å². The maximum atomic E-state index is 12.7. The topological polar surface area (TPSA) is 66.8 Å². The quantitative estimate of drug-likeness (QED) is 0.788. The summed E-state index contributed by atoms with van der Waals surface area (Å²) in [4.78, 5) is 22.5. The number of H-pyrrole nitrogens is 1. The van der Waals surface area contributed by atoms with Gasteiger partial charge in [0.15, 0.2) is 0 Å². The molecule has 3 heterocycles. The van der Waals surface area contributed by atoms with Crippen LogP contribution in [-0.2, 0) is 7.05 Å². The van der Waals surface area contributed by atoms with E-state index >= 15 is 0 Å². The smallest absolute Gasteiger partial charge is 0.274 e. The van der Waals surface area contributed by atoms with Crippen molar-refractivity contribution in [3.8, 4) is 0 Å². The van der Waals surface area contributed by atoms with Crippen molar-refractivity contribution in [1.82, 2.24) is 24.6 Å². The first kappa shape index (κ1) is 13.1. The highest BCUT2D eigenvalue weighted by atomic mass is 16.2. The molecule has 1 aliphatic rings. The largest absolute Gasteiger partial charge is 0.340 e. The third kappa shape index (κ3) is 2.07. The van der Waals surface area contributed by atoms with Gasteiger partial charge in [0.05, 0.1) is 17.1 Å². The Balaban J connectivity index is 1.67. The van der Waals surface area contributed by atoms with E-state index in [-0.39, 0.29) is 11.9 Å². The van der Waals surface area contributed by atoms with Crippen molar-refractivity contribution in [2.45, 2.75) is 18.9 Å². The van der Waals surface area contributed by atoms with Crippen molar-refractivity contribution >= 4 is 16.9 Å². The van der Waals surface area contributed by atoms with E-state index in [2.05, 4.69) is 15.1 Å². The van der Waals surface area contributed by atoms with Gasteiger partial charge in [-0.15, -0.1) is 0 Å². The summed E-state index contributed by atoms with van der Waals surface area (Å²) < 4.78 is 1.65. The predicted octanol–water partition coefficient (Wildman–Crippen LogP) is 2.27. The summed E-state index contributed by atoms with van der Waals surface area (Å²) in [6.07, 6.45) is 3.71. The third-order valence-electron chi connectivity index (χ3n) is 4.17. The molecule has 0 aliphatic carbocycles. The van der Waals surface area contributed by atoms with Crippen molar-refractivity contribution in [3.63, 3.8) is 0 Å². The first-order valence-electron chi connectivity index (χ1n) is 7.47. The molecule has 0 saturated carbocycles. The SMILES string of the molecule is Cn1ccc(C(=O)N2CCC[C@@H]2c2nc3ccccc3[nH]2)n1. The molecule has 4 rings (SSSR count). The summed E-state index contributed by atoms with van der Waals surface area (Å²) in [5, 5.41) is 4.22. The molecule has 1 aliphatic heterocycles. The first-order chi connectivity index (χ1) is 10.7. The minimum atomic E-state index is -0.0245. The number of para-hydroxylation sites is 2. The van der Waals surface area contributed by atoms with Gasteiger partial charge in [-0.1, -0.05) is 12.1 Å². The number of likely N-dealkylation sites (tertiary alicyclic amines) is 1. The summed E-state index contributed by atoms with van der Waals surface area (Å²) in [6.45, 7) is 0.747. The van der Waals surface area contributed by atoms with Crippen molar-refractivity contribution in [2.75, 3.05) is 6.54 Å². The molecular weight excluding hydrogens is 278 g/mol. The van der Waals surface area contributed by atoms with Gasteiger partial charge in [-0.25, -0.2) is 4.98 Å². The van der Waals surface area contributed by atoms with Crippen LogP contribution in [0.25, 0.3) is 11.0 Å². The van der Waals surface area contributed by atoms with Gasteiger partial charge in [-0.2, -0.15) is 5.10 Å². The Hall–Kier alpha value is -2.63. The minimum absolute atomic E-state index is 0.00176. The van der Waals surface area contributed by atoms with Crippen LogP contribution in [0.3, 0.4) is 0 Å². The molecule has 1 fully saturated rings. The zero-order valence-corrected chi connectivity index (χ0v) is 12.4. The molecule has 1 amide bonds. The first-order valence-corrected chi connectivity index (χ1v) is 7.47. The normalized spacial score (nSPS) is 18.2. The van der Waals surface area contributed by atoms with Gasteiger partial charge < -0.3 is 9.88 Å². The average molecular weight is 295 g/mol. The highest BCUT2D eigenvalue weighted by molar-refractivity contribution is 5.92. The van der Waals surface area contributed by atoms with E-state index in [0.717, 1.165) is 36.2 Å². The molecule has 1 N–H and O–H groups in total. The van der Waals surface area contributed by atoms with Gasteiger partial charge in [-0.05, 0) is 31.0 Å². The molecule has 1 saturated heterocycles. The lowest BCUT2D eigenvalue weighted by molar-refractivity contribution is 0.0724. The molecule has 2 aromatic heterocycles. The zero-order valence-electron chi connectivity index (χ0n) is 12.4. The molecule has 6 heteroatoms. The molecule has 22 heavy (non-hydrogen) atoms. The Morgan fingerprint density at radius 1 is 1.32 bits per heavy atom. The monoisotopic (exact) mass is 295 g/mol. The standard InChI is InChI=1S/C16H17N5O/c1-20-10-8-13(19-20)16(22)21-9-4-7-14(21)15-17-11-5-2-3-6-12(11)18-15/h2-3,5-6,8,10,14H,4,7,9H2,1H3,(H,17,18)/t14-/m1/s1. The van der Waals surface area contributed by atoms with Gasteiger partial charge in [-0.3, -0.25) is 9.48 Å². The second-order valence-corrected chi connectivity index (χ2v) is 5.67. The predicted molar refractivity (Wildman–Crippen MR) is 82.3 cm³/mol. The number of nitrogens with zero attached hydrogens (tertiary/aromatic N) is 4. The lowest BCUT2D eigenvalue weighted by atomic mass is 10.2. The number of imidazole rings is 1. The van der Waals surface area contributed by atoms with E-state index in [1.807, 2.05) is 36.2 Å². The number of carbonyl (C=O) groups is 1. The molecule has 3 aromatic rings. The molecule has 1 atom stereocenters. The number of aryl methyl sites for hydroxylation is 1. The van der Waals surface area contributed by atoms with Crippen LogP contribution in [-0.4, -0.2) is 37.1 Å². The van der Waals surface area contributed by atoms with Crippen LogP contribution in [0, 0.1) is 0 Å². The van der Waals surface area contributed by atoms with Crippen molar-refractivity contribution in [2.24, 2.45) is 7.05 Å². The Bertz CT molecular complexity index is 801. The van der Waals surface area contributed by atoms with Crippen LogP contribution >= 0.6 is 0 Å². The van der Waals surface area contributed by atoms with Gasteiger partial charge >= 0.3 is 0 Å². The number of benzene rings is 1. The highest BCUT2D eigenvalue weighted by Crippen LogP contribution is 2.32. The fourth-order valence-electron chi connectivity index (χ4n) is 3.10. The van der Waals surface area contributed by atoms with E-state index in [1.54, 1.807) is 16.9 Å². The van der Waals surface area contributed by atoms with Crippen molar-refractivity contribution in [3.05, 3.63) is 48.0 Å². The summed E-state index contributed by atoms with van der Waals surface area (Å²) in [5.74, 6) is 0.839. The number of aromatic nitrogens is 4. The summed E-state index contributed by atoms with van der Waals surface area (Å²) in [7, 11) is 1.82. The Morgan fingerprint density at radius 3 is 2.95 bits per heavy atom. The van der Waals surface area contributed by atoms with Crippen LogP contribution in [0.5, 0.6) is 0 Å². The third-order valence-corrected chi connectivity index (χ3v) is 4.17. The molecule has 0 unspecified atom stereocenters. The lowest BCUT2D eigenvalue weighted by Crippen LogP contribution is -2.31. The van der Waals surface area contributed by atoms with E-state index in [4.69, 9.17) is 0 Å². The highest BCUT2D eigenvalue weighted by Gasteiger charge is 2.33. The Kier molecular flexibility index (Phi) is 2.96. The van der Waals surface area contributed by atoms with Gasteiger partial charge in [0.25, 0.3) is 5.91 Å². The summed E-state index contributed by atoms with van der Waals surface area (Å²) in [5.41, 5.74) is 2.44. The van der Waals surface area contributed by atoms with E-state index in [0.29, 0.717) is 5.69 Å². The number of nitrogens with one attached hydrogen (secondary N) is 1. The second kappa shape index (κ2) is 4.98. The minimum Gasteiger partial charge on any atom is -0.340 e. The zero-order chi connectivity index (χ0) is 15.1. The van der Waals surface area contributed by atoms with Crippen LogP contribution in [0.1, 0.15) is 35.2 Å². The number of hydrogen-bond donors (Lipinski definition) is 1. The summed E-state index contributed by atoms with van der Waals surface area (Å²) in [6, 6.07) is 9.70. The van der Waals surface area contributed by atoms with Crippen LogP contribution in [0.15, 0.2) is 36.5 Å². The van der Waals surface area contributed by atoms with Crippen LogP contribution < -0.4 is 0 Å². The molecular formula is C16H17N5O. The maximum Gasteiger partial charge on any atom is 0.274 e. The number of carbonyl (C=O) groups excluding carboxylic acids is 1. The summed E-state index contributed by atoms with van der Waals surface area (Å²) >= 11 is 0. The molecule has 112 valence electrons. The number of rotatable bonds is 2. The fourth-order valence-corrected chi connectivity index (χ4v) is 3.10. The van der Waals surface area contributed by atoms with Crippen LogP contribution in [0.2, 0.25) is 0 Å². The number of fused-ring (bicyclic) bond motifs is 1. The second-order valence-electron chi connectivity index (χ2n) is 5.67. The van der Waals surface area contributed by atoms with Gasteiger partial charge in [0.1, 0.15) is 11.5 Å². The van der Waals surface area contributed by atoms with Gasteiger partial charge in [0, 0.05) is 19.8 Å². The maximum absolute atomic E-state index is 12.7. The Morgan fingerprint density at radius 2 is 2.18 bits per heavy atom. The van der Waals surface area contributed by atoms with E-state index in [1.165, 1.54) is 0 Å². The number of aromatic amines is 1. The number of hydrogen-bond acceptors (Lipinski definition) is 3. The molecule has 6 nitrogen and oxygen atoms in total. The van der Waals surface area contributed by atoms with Crippen molar-refractivity contribution < 1.29 is 4.79 Å². The van der Waals surface area contributed by atoms with E-state index in [9.17, 15) is 4.79 Å². The molecule has 0 spiro atoms. The van der Waals surface area contributed by atoms with Crippen LogP contribution in [0.4, 0.5) is 0 Å². The molecule has 1 aromatic carbocycles. The molecule has 0 radical (unpaired) electrons. The Labute approximate surface area is 127 Å². The molecule has 0 bridgehead atoms.